The zero-order chi connectivity index (χ0) is 16.5. The quantitative estimate of drug-likeness (QED) is 0.727. The number of carbonyl (C=O) groups excluding carboxylic acids is 1. The maximum Gasteiger partial charge on any atom is 0.253 e. The second-order valence-corrected chi connectivity index (χ2v) is 5.52. The molecule has 122 valence electrons. The number of nitrogens with one attached hydrogen (secondary N) is 2. The van der Waals surface area contributed by atoms with Crippen molar-refractivity contribution in [3.8, 4) is 0 Å². The van der Waals surface area contributed by atoms with Gasteiger partial charge in [0.05, 0.1) is 17.8 Å². The molecule has 0 aromatic carbocycles. The van der Waals surface area contributed by atoms with Crippen molar-refractivity contribution < 1.29 is 4.79 Å². The summed E-state index contributed by atoms with van der Waals surface area (Å²) in [5.41, 5.74) is 1.37. The first-order valence-corrected chi connectivity index (χ1v) is 7.68. The van der Waals surface area contributed by atoms with Gasteiger partial charge >= 0.3 is 0 Å². The van der Waals surface area contributed by atoms with Crippen LogP contribution in [0.25, 0.3) is 0 Å². The highest BCUT2D eigenvalue weighted by Gasteiger charge is 2.06. The Balaban J connectivity index is 1.78. The first kappa shape index (κ1) is 16.9. The fourth-order valence-electron chi connectivity index (χ4n) is 2.02. The summed E-state index contributed by atoms with van der Waals surface area (Å²) in [7, 11) is 4.10. The van der Waals surface area contributed by atoms with Crippen LogP contribution < -0.4 is 10.6 Å². The Kier molecular flexibility index (Phi) is 6.50. The SMILES string of the molecule is CN(C)CCCNc1ccc(C(=O)NCc2ccccn2)cn1. The molecule has 2 N–H and O–H groups in total. The molecule has 2 aromatic rings. The van der Waals surface area contributed by atoms with E-state index in [4.69, 9.17) is 0 Å². The predicted molar refractivity (Wildman–Crippen MR) is 91.3 cm³/mol. The van der Waals surface area contributed by atoms with Gasteiger partial charge in [0, 0.05) is 18.9 Å². The van der Waals surface area contributed by atoms with Gasteiger partial charge in [0.15, 0.2) is 0 Å². The number of nitrogens with zero attached hydrogens (tertiary/aromatic N) is 3. The molecule has 0 saturated carbocycles. The number of pyridine rings is 2. The van der Waals surface area contributed by atoms with Gasteiger partial charge < -0.3 is 15.5 Å². The van der Waals surface area contributed by atoms with Gasteiger partial charge in [0.1, 0.15) is 5.82 Å². The Hall–Kier alpha value is -2.47. The highest BCUT2D eigenvalue weighted by atomic mass is 16.1. The van der Waals surface area contributed by atoms with Gasteiger partial charge in [-0.15, -0.1) is 0 Å². The number of anilines is 1. The van der Waals surface area contributed by atoms with Gasteiger partial charge in [0.25, 0.3) is 5.91 Å². The van der Waals surface area contributed by atoms with Gasteiger partial charge in [-0.05, 0) is 51.3 Å². The van der Waals surface area contributed by atoms with E-state index in [1.54, 1.807) is 18.5 Å². The van der Waals surface area contributed by atoms with Gasteiger partial charge in [0.2, 0.25) is 0 Å². The van der Waals surface area contributed by atoms with Gasteiger partial charge in [-0.2, -0.15) is 0 Å². The smallest absolute Gasteiger partial charge is 0.253 e. The molecule has 2 rings (SSSR count). The molecule has 6 nitrogen and oxygen atoms in total. The van der Waals surface area contributed by atoms with Crippen molar-refractivity contribution in [1.82, 2.24) is 20.2 Å². The van der Waals surface area contributed by atoms with Crippen LogP contribution in [0.2, 0.25) is 0 Å². The number of amides is 1. The van der Waals surface area contributed by atoms with Crippen LogP contribution in [0, 0.1) is 0 Å². The minimum atomic E-state index is -0.151. The van der Waals surface area contributed by atoms with Crippen molar-refractivity contribution in [3.05, 3.63) is 54.0 Å². The van der Waals surface area contributed by atoms with Gasteiger partial charge in [-0.25, -0.2) is 4.98 Å². The second-order valence-electron chi connectivity index (χ2n) is 5.52. The molecule has 0 atom stereocenters. The van der Waals surface area contributed by atoms with Crippen LogP contribution in [-0.2, 0) is 6.54 Å². The van der Waals surface area contributed by atoms with E-state index in [1.807, 2.05) is 24.3 Å². The number of hydrogen-bond acceptors (Lipinski definition) is 5. The molecule has 0 aliphatic carbocycles. The molecule has 0 fully saturated rings. The molecular formula is C17H23N5O. The maximum absolute atomic E-state index is 12.1. The summed E-state index contributed by atoms with van der Waals surface area (Å²) < 4.78 is 0. The van der Waals surface area contributed by atoms with E-state index < -0.39 is 0 Å². The third kappa shape index (κ3) is 6.04. The highest BCUT2D eigenvalue weighted by Crippen LogP contribution is 2.05. The molecule has 0 aliphatic rings. The number of rotatable bonds is 8. The monoisotopic (exact) mass is 313 g/mol. The van der Waals surface area contributed by atoms with E-state index in [9.17, 15) is 4.79 Å². The lowest BCUT2D eigenvalue weighted by Gasteiger charge is -2.10. The fourth-order valence-corrected chi connectivity index (χ4v) is 2.02. The third-order valence-corrected chi connectivity index (χ3v) is 3.27. The summed E-state index contributed by atoms with van der Waals surface area (Å²) in [5, 5.41) is 6.08. The van der Waals surface area contributed by atoms with Crippen molar-refractivity contribution in [2.24, 2.45) is 0 Å². The van der Waals surface area contributed by atoms with Gasteiger partial charge in [-0.3, -0.25) is 9.78 Å². The molecule has 0 spiro atoms. The van der Waals surface area contributed by atoms with E-state index >= 15 is 0 Å². The third-order valence-electron chi connectivity index (χ3n) is 3.27. The van der Waals surface area contributed by atoms with Crippen LogP contribution in [0.3, 0.4) is 0 Å². The standard InChI is InChI=1S/C17H23N5O/c1-22(2)11-5-10-19-16-8-7-14(12-20-16)17(23)21-13-15-6-3-4-9-18-15/h3-4,6-9,12H,5,10-11,13H2,1-2H3,(H,19,20)(H,21,23). The topological polar surface area (TPSA) is 70.2 Å². The van der Waals surface area contributed by atoms with Crippen LogP contribution >= 0.6 is 0 Å². The molecule has 2 heterocycles. The first-order valence-electron chi connectivity index (χ1n) is 7.68. The normalized spacial score (nSPS) is 10.6. The van der Waals surface area contributed by atoms with Crippen LogP contribution in [0.4, 0.5) is 5.82 Å². The summed E-state index contributed by atoms with van der Waals surface area (Å²) in [6.45, 7) is 2.29. The highest BCUT2D eigenvalue weighted by molar-refractivity contribution is 5.93. The molecule has 0 aliphatic heterocycles. The Morgan fingerprint density at radius 1 is 1.17 bits per heavy atom. The minimum Gasteiger partial charge on any atom is -0.370 e. The zero-order valence-corrected chi connectivity index (χ0v) is 13.6. The van der Waals surface area contributed by atoms with E-state index in [-0.39, 0.29) is 5.91 Å². The summed E-state index contributed by atoms with van der Waals surface area (Å²) in [6, 6.07) is 9.21. The first-order chi connectivity index (χ1) is 11.1. The van der Waals surface area contributed by atoms with Crippen molar-refractivity contribution in [2.45, 2.75) is 13.0 Å². The lowest BCUT2D eigenvalue weighted by molar-refractivity contribution is 0.0950. The van der Waals surface area contributed by atoms with E-state index in [2.05, 4.69) is 39.6 Å². The molecule has 0 radical (unpaired) electrons. The van der Waals surface area contributed by atoms with Gasteiger partial charge in [-0.1, -0.05) is 6.07 Å². The van der Waals surface area contributed by atoms with Crippen molar-refractivity contribution in [1.29, 1.82) is 0 Å². The fraction of sp³-hybridized carbons (Fsp3) is 0.353. The van der Waals surface area contributed by atoms with E-state index in [0.29, 0.717) is 12.1 Å². The summed E-state index contributed by atoms with van der Waals surface area (Å²) in [6.07, 6.45) is 4.34. The molecule has 2 aromatic heterocycles. The summed E-state index contributed by atoms with van der Waals surface area (Å²) in [4.78, 5) is 22.6. The van der Waals surface area contributed by atoms with E-state index in [1.165, 1.54) is 0 Å². The molecular weight excluding hydrogens is 290 g/mol. The Labute approximate surface area is 137 Å². The Bertz CT molecular complexity index is 598. The van der Waals surface area contributed by atoms with Crippen molar-refractivity contribution in [2.75, 3.05) is 32.5 Å². The van der Waals surface area contributed by atoms with Crippen molar-refractivity contribution >= 4 is 11.7 Å². The van der Waals surface area contributed by atoms with Crippen molar-refractivity contribution in [3.63, 3.8) is 0 Å². The minimum absolute atomic E-state index is 0.151. The summed E-state index contributed by atoms with van der Waals surface area (Å²) in [5.74, 6) is 0.632. The molecule has 0 unspecified atom stereocenters. The lowest BCUT2D eigenvalue weighted by Crippen LogP contribution is -2.23. The average Bonchev–Trinajstić information content (AvgIpc) is 2.58. The molecule has 0 bridgehead atoms. The molecule has 23 heavy (non-hydrogen) atoms. The lowest BCUT2D eigenvalue weighted by atomic mass is 10.2. The van der Waals surface area contributed by atoms with Crippen LogP contribution in [0.15, 0.2) is 42.7 Å². The number of hydrogen-bond donors (Lipinski definition) is 2. The van der Waals surface area contributed by atoms with Crippen LogP contribution in [0.5, 0.6) is 0 Å². The number of carbonyl (C=O) groups is 1. The maximum atomic E-state index is 12.1. The second kappa shape index (κ2) is 8.85. The summed E-state index contributed by atoms with van der Waals surface area (Å²) >= 11 is 0. The van der Waals surface area contributed by atoms with Crippen LogP contribution in [0.1, 0.15) is 22.5 Å². The van der Waals surface area contributed by atoms with Crippen LogP contribution in [-0.4, -0.2) is 48.0 Å². The number of aromatic nitrogens is 2. The molecule has 6 heteroatoms. The largest absolute Gasteiger partial charge is 0.370 e. The Morgan fingerprint density at radius 2 is 2.04 bits per heavy atom. The zero-order valence-electron chi connectivity index (χ0n) is 13.6. The Morgan fingerprint density at radius 3 is 2.70 bits per heavy atom. The predicted octanol–water partition coefficient (Wildman–Crippen LogP) is 1.77. The molecule has 1 amide bonds. The molecule has 0 saturated heterocycles. The average molecular weight is 313 g/mol. The van der Waals surface area contributed by atoms with E-state index in [0.717, 1.165) is 31.0 Å².